The van der Waals surface area contributed by atoms with Gasteiger partial charge in [0, 0.05) is 40.4 Å². The third-order valence-electron chi connectivity index (χ3n) is 5.07. The van der Waals surface area contributed by atoms with E-state index in [1.54, 1.807) is 0 Å². The van der Waals surface area contributed by atoms with Crippen molar-refractivity contribution in [2.45, 2.75) is 57.8 Å². The minimum Gasteiger partial charge on any atom is -0.381 e. The maximum absolute atomic E-state index is 6.04. The number of nitrogens with one attached hydrogen (secondary N) is 1. The fourth-order valence-corrected chi connectivity index (χ4v) is 3.37. The second-order valence-electron chi connectivity index (χ2n) is 7.40. The Morgan fingerprint density at radius 2 is 2.03 bits per heavy atom. The van der Waals surface area contributed by atoms with Gasteiger partial charge < -0.3 is 19.7 Å². The topological polar surface area (TPSA) is 46.1 Å². The second kappa shape index (κ2) is 15.7. The number of halogens is 1. The molecule has 5 nitrogen and oxygen atoms in total. The molecule has 0 bridgehead atoms. The molecule has 2 rings (SSSR count). The number of hydrogen-bond acceptors (Lipinski definition) is 3. The first-order valence-electron chi connectivity index (χ1n) is 10.5. The normalized spacial score (nSPS) is 14.9. The number of aliphatic imine (C=N–C) groups is 1. The van der Waals surface area contributed by atoms with E-state index in [1.807, 2.05) is 13.1 Å². The molecule has 29 heavy (non-hydrogen) atoms. The van der Waals surface area contributed by atoms with Crippen molar-refractivity contribution in [1.82, 2.24) is 10.2 Å². The van der Waals surface area contributed by atoms with Gasteiger partial charge in [-0.3, -0.25) is 4.99 Å². The summed E-state index contributed by atoms with van der Waals surface area (Å²) < 4.78 is 11.4. The molecule has 1 saturated heterocycles. The molecule has 0 radical (unpaired) electrons. The molecule has 1 aromatic rings. The number of benzene rings is 1. The number of hydrogen-bond donors (Lipinski definition) is 1. The Labute approximate surface area is 194 Å². The molecule has 1 aromatic carbocycles. The van der Waals surface area contributed by atoms with Crippen LogP contribution in [0.4, 0.5) is 0 Å². The third kappa shape index (κ3) is 10.5. The predicted octanol–water partition coefficient (Wildman–Crippen LogP) is 4.75. The van der Waals surface area contributed by atoms with Crippen LogP contribution in [0.15, 0.2) is 41.9 Å². The van der Waals surface area contributed by atoms with Crippen LogP contribution in [0.3, 0.4) is 0 Å². The van der Waals surface area contributed by atoms with E-state index in [0.717, 1.165) is 51.5 Å². The van der Waals surface area contributed by atoms with Crippen molar-refractivity contribution in [2.24, 2.45) is 4.99 Å². The molecule has 1 aliphatic rings. The Kier molecular flexibility index (Phi) is 14.0. The first-order chi connectivity index (χ1) is 13.7. The fourth-order valence-electron chi connectivity index (χ4n) is 3.37. The van der Waals surface area contributed by atoms with Crippen LogP contribution < -0.4 is 5.32 Å². The highest BCUT2D eigenvalue weighted by Crippen LogP contribution is 2.14. The van der Waals surface area contributed by atoms with E-state index in [-0.39, 0.29) is 24.0 Å². The van der Waals surface area contributed by atoms with Crippen molar-refractivity contribution >= 4 is 29.9 Å². The lowest BCUT2D eigenvalue weighted by Crippen LogP contribution is -2.39. The zero-order valence-electron chi connectivity index (χ0n) is 18.1. The van der Waals surface area contributed by atoms with Crippen LogP contribution in [0.1, 0.15) is 49.7 Å². The lowest BCUT2D eigenvalue weighted by Gasteiger charge is -2.23. The molecule has 1 aliphatic heterocycles. The van der Waals surface area contributed by atoms with E-state index >= 15 is 0 Å². The number of guanidine groups is 1. The first-order valence-corrected chi connectivity index (χ1v) is 10.5. The Balaban J connectivity index is 0.00000420. The highest BCUT2D eigenvalue weighted by Gasteiger charge is 2.14. The van der Waals surface area contributed by atoms with E-state index in [2.05, 4.69) is 53.1 Å². The average molecular weight is 515 g/mol. The zero-order chi connectivity index (χ0) is 20.0. The van der Waals surface area contributed by atoms with Crippen molar-refractivity contribution < 1.29 is 9.47 Å². The summed E-state index contributed by atoms with van der Waals surface area (Å²) in [5, 5.41) is 3.47. The van der Waals surface area contributed by atoms with E-state index in [1.165, 1.54) is 30.4 Å². The largest absolute Gasteiger partial charge is 0.381 e. The molecule has 1 N–H and O–H groups in total. The van der Waals surface area contributed by atoms with E-state index in [9.17, 15) is 0 Å². The van der Waals surface area contributed by atoms with E-state index in [0.29, 0.717) is 12.7 Å². The van der Waals surface area contributed by atoms with E-state index < -0.39 is 0 Å². The Morgan fingerprint density at radius 1 is 1.28 bits per heavy atom. The summed E-state index contributed by atoms with van der Waals surface area (Å²) in [5.41, 5.74) is 2.46. The van der Waals surface area contributed by atoms with E-state index in [4.69, 9.17) is 9.47 Å². The minimum atomic E-state index is 0. The van der Waals surface area contributed by atoms with Crippen molar-refractivity contribution in [3.63, 3.8) is 0 Å². The monoisotopic (exact) mass is 515 g/mol. The number of allylic oxidation sites excluding steroid dienone is 1. The van der Waals surface area contributed by atoms with Gasteiger partial charge in [0.1, 0.15) is 0 Å². The van der Waals surface area contributed by atoms with Crippen LogP contribution in [0, 0.1) is 0 Å². The predicted molar refractivity (Wildman–Crippen MR) is 132 cm³/mol. The molecule has 1 fully saturated rings. The van der Waals surface area contributed by atoms with Gasteiger partial charge in [0.25, 0.3) is 0 Å². The Bertz CT molecular complexity index is 604. The molecule has 1 heterocycles. The van der Waals surface area contributed by atoms with Crippen molar-refractivity contribution in [2.75, 3.05) is 33.9 Å². The molecule has 0 spiro atoms. The highest BCUT2D eigenvalue weighted by atomic mass is 127. The summed E-state index contributed by atoms with van der Waals surface area (Å²) in [5.74, 6) is 0.938. The second-order valence-corrected chi connectivity index (χ2v) is 7.40. The van der Waals surface area contributed by atoms with Crippen LogP contribution in [-0.4, -0.2) is 50.8 Å². The van der Waals surface area contributed by atoms with Gasteiger partial charge in [-0.2, -0.15) is 0 Å². The molecular formula is C23H38IN3O2. The van der Waals surface area contributed by atoms with Gasteiger partial charge in [0.05, 0.1) is 12.7 Å². The summed E-state index contributed by atoms with van der Waals surface area (Å²) in [6.45, 7) is 7.84. The Morgan fingerprint density at radius 3 is 2.76 bits per heavy atom. The molecule has 6 heteroatoms. The quantitative estimate of drug-likeness (QED) is 0.152. The van der Waals surface area contributed by atoms with Gasteiger partial charge in [-0.25, -0.2) is 0 Å². The SMILES string of the molecule is C=CCCCCCN(C)C(=NC)NCc1cccc(COC2CCOCC2)c1.I. The average Bonchev–Trinajstić information content (AvgIpc) is 2.73. The summed E-state index contributed by atoms with van der Waals surface area (Å²) >= 11 is 0. The zero-order valence-corrected chi connectivity index (χ0v) is 20.4. The molecule has 0 saturated carbocycles. The maximum atomic E-state index is 6.04. The van der Waals surface area contributed by atoms with Gasteiger partial charge in [-0.1, -0.05) is 36.8 Å². The lowest BCUT2D eigenvalue weighted by atomic mass is 10.1. The molecule has 0 aromatic heterocycles. The molecular weight excluding hydrogens is 477 g/mol. The Hall–Kier alpha value is -1.12. The smallest absolute Gasteiger partial charge is 0.193 e. The molecule has 0 aliphatic carbocycles. The summed E-state index contributed by atoms with van der Waals surface area (Å²) in [7, 11) is 3.94. The number of rotatable bonds is 11. The van der Waals surface area contributed by atoms with Gasteiger partial charge >= 0.3 is 0 Å². The molecule has 0 amide bonds. The van der Waals surface area contributed by atoms with Crippen LogP contribution >= 0.6 is 24.0 Å². The number of nitrogens with zero attached hydrogens (tertiary/aromatic N) is 2. The minimum absolute atomic E-state index is 0. The first kappa shape index (κ1) is 25.9. The van der Waals surface area contributed by atoms with Gasteiger partial charge in [-0.05, 0) is 43.2 Å². The van der Waals surface area contributed by atoms with Gasteiger partial charge in [0.2, 0.25) is 0 Å². The summed E-state index contributed by atoms with van der Waals surface area (Å²) in [4.78, 5) is 6.62. The van der Waals surface area contributed by atoms with Crippen molar-refractivity contribution in [3.05, 3.63) is 48.0 Å². The van der Waals surface area contributed by atoms with Gasteiger partial charge in [-0.15, -0.1) is 30.6 Å². The highest BCUT2D eigenvalue weighted by molar-refractivity contribution is 14.0. The van der Waals surface area contributed by atoms with Crippen molar-refractivity contribution in [3.8, 4) is 0 Å². The standard InChI is InChI=1S/C23H37N3O2.HI/c1-4-5-6-7-8-14-26(3)23(24-2)25-18-20-10-9-11-21(17-20)19-28-22-12-15-27-16-13-22;/h4,9-11,17,22H,1,5-8,12-16,18-19H2,2-3H3,(H,24,25);1H. The molecule has 0 unspecified atom stereocenters. The van der Waals surface area contributed by atoms with Gasteiger partial charge in [0.15, 0.2) is 5.96 Å². The third-order valence-corrected chi connectivity index (χ3v) is 5.07. The number of unbranched alkanes of at least 4 members (excludes halogenated alkanes) is 3. The van der Waals surface area contributed by atoms with Crippen LogP contribution in [-0.2, 0) is 22.6 Å². The van der Waals surface area contributed by atoms with Crippen LogP contribution in [0.25, 0.3) is 0 Å². The lowest BCUT2D eigenvalue weighted by molar-refractivity contribution is -0.0390. The van der Waals surface area contributed by atoms with Crippen LogP contribution in [0.5, 0.6) is 0 Å². The maximum Gasteiger partial charge on any atom is 0.193 e. The fraction of sp³-hybridized carbons (Fsp3) is 0.609. The van der Waals surface area contributed by atoms with Crippen molar-refractivity contribution in [1.29, 1.82) is 0 Å². The summed E-state index contributed by atoms with van der Waals surface area (Å²) in [6.07, 6.45) is 9.03. The molecule has 164 valence electrons. The van der Waals surface area contributed by atoms with Crippen LogP contribution in [0.2, 0.25) is 0 Å². The summed E-state index contributed by atoms with van der Waals surface area (Å²) in [6, 6.07) is 8.60. The number of ether oxygens (including phenoxy) is 2. The molecule has 0 atom stereocenters.